The van der Waals surface area contributed by atoms with Gasteiger partial charge >= 0.3 is 5.97 Å². The van der Waals surface area contributed by atoms with Gasteiger partial charge in [0.15, 0.2) is 0 Å². The van der Waals surface area contributed by atoms with Crippen LogP contribution in [0.25, 0.3) is 5.76 Å². The second-order valence-corrected chi connectivity index (χ2v) is 8.70. The number of ketones is 1. The Morgan fingerprint density at radius 1 is 1.05 bits per heavy atom. The fourth-order valence-electron chi connectivity index (χ4n) is 4.17. The summed E-state index contributed by atoms with van der Waals surface area (Å²) in [5.74, 6) is -2.49. The SMILES string of the molecule is CCCOC(=O)c1cccc(N2C(=O)C(=O)/C(=C(/O)c3cc(OC)c(Cl)cc3OC)C2c2ccccn2)c1. The number of amides is 1. The number of pyridine rings is 1. The maximum atomic E-state index is 13.4. The van der Waals surface area contributed by atoms with E-state index in [-0.39, 0.29) is 45.5 Å². The number of aliphatic hydroxyl groups is 1. The van der Waals surface area contributed by atoms with E-state index in [1.807, 2.05) is 6.92 Å². The number of anilines is 1. The quantitative estimate of drug-likeness (QED) is 0.186. The van der Waals surface area contributed by atoms with Crippen LogP contribution in [0.5, 0.6) is 11.5 Å². The third kappa shape index (κ3) is 4.92. The smallest absolute Gasteiger partial charge is 0.338 e. The first-order chi connectivity index (χ1) is 18.3. The molecule has 1 aliphatic heterocycles. The fraction of sp³-hybridized carbons (Fsp3) is 0.214. The number of aromatic nitrogens is 1. The summed E-state index contributed by atoms with van der Waals surface area (Å²) < 4.78 is 15.9. The summed E-state index contributed by atoms with van der Waals surface area (Å²) in [6.45, 7) is 2.12. The first kappa shape index (κ1) is 26.7. The van der Waals surface area contributed by atoms with E-state index < -0.39 is 29.5 Å². The van der Waals surface area contributed by atoms with Crippen molar-refractivity contribution in [3.05, 3.63) is 88.2 Å². The van der Waals surface area contributed by atoms with Crippen molar-refractivity contribution in [2.45, 2.75) is 19.4 Å². The zero-order valence-electron chi connectivity index (χ0n) is 20.9. The van der Waals surface area contributed by atoms with E-state index in [0.29, 0.717) is 12.1 Å². The van der Waals surface area contributed by atoms with E-state index in [0.717, 1.165) is 0 Å². The second-order valence-electron chi connectivity index (χ2n) is 8.30. The highest BCUT2D eigenvalue weighted by Crippen LogP contribution is 2.44. The lowest BCUT2D eigenvalue weighted by atomic mass is 9.97. The number of esters is 1. The van der Waals surface area contributed by atoms with Gasteiger partial charge in [-0.25, -0.2) is 4.79 Å². The van der Waals surface area contributed by atoms with Crippen molar-refractivity contribution < 1.29 is 33.7 Å². The lowest BCUT2D eigenvalue weighted by Crippen LogP contribution is -2.30. The highest BCUT2D eigenvalue weighted by Gasteiger charge is 2.48. The number of halogens is 1. The fourth-order valence-corrected chi connectivity index (χ4v) is 4.40. The number of hydrogen-bond acceptors (Lipinski definition) is 8. The van der Waals surface area contributed by atoms with Gasteiger partial charge in [0.25, 0.3) is 11.7 Å². The van der Waals surface area contributed by atoms with Crippen LogP contribution < -0.4 is 14.4 Å². The first-order valence-corrected chi connectivity index (χ1v) is 12.1. The van der Waals surface area contributed by atoms with Gasteiger partial charge in [-0.15, -0.1) is 0 Å². The van der Waals surface area contributed by atoms with Gasteiger partial charge < -0.3 is 19.3 Å². The monoisotopic (exact) mass is 536 g/mol. The molecule has 38 heavy (non-hydrogen) atoms. The second kappa shape index (κ2) is 11.4. The summed E-state index contributed by atoms with van der Waals surface area (Å²) in [7, 11) is 2.79. The largest absolute Gasteiger partial charge is 0.507 e. The molecule has 0 aliphatic carbocycles. The molecule has 1 saturated heterocycles. The molecule has 0 radical (unpaired) electrons. The van der Waals surface area contributed by atoms with Crippen molar-refractivity contribution >= 4 is 40.7 Å². The predicted molar refractivity (Wildman–Crippen MR) is 141 cm³/mol. The third-order valence-corrected chi connectivity index (χ3v) is 6.23. The molecule has 0 saturated carbocycles. The molecule has 1 fully saturated rings. The molecule has 4 rings (SSSR count). The van der Waals surface area contributed by atoms with Crippen molar-refractivity contribution in [1.29, 1.82) is 0 Å². The normalized spacial score (nSPS) is 16.4. The number of nitrogens with zero attached hydrogens (tertiary/aromatic N) is 2. The molecule has 1 aromatic heterocycles. The summed E-state index contributed by atoms with van der Waals surface area (Å²) in [5, 5.41) is 11.7. The minimum Gasteiger partial charge on any atom is -0.507 e. The zero-order chi connectivity index (χ0) is 27.4. The van der Waals surface area contributed by atoms with Gasteiger partial charge in [0.2, 0.25) is 0 Å². The molecule has 0 spiro atoms. The average Bonchev–Trinajstić information content (AvgIpc) is 3.21. The van der Waals surface area contributed by atoms with Crippen molar-refractivity contribution in [3.63, 3.8) is 0 Å². The summed E-state index contributed by atoms with van der Waals surface area (Å²) in [5.41, 5.74) is 0.683. The van der Waals surface area contributed by atoms with Crippen molar-refractivity contribution in [2.75, 3.05) is 25.7 Å². The van der Waals surface area contributed by atoms with E-state index in [4.69, 9.17) is 25.8 Å². The van der Waals surface area contributed by atoms with E-state index in [1.54, 1.807) is 36.4 Å². The van der Waals surface area contributed by atoms with Crippen LogP contribution in [-0.2, 0) is 14.3 Å². The van der Waals surface area contributed by atoms with E-state index in [2.05, 4.69) is 4.98 Å². The van der Waals surface area contributed by atoms with Crippen LogP contribution in [-0.4, -0.2) is 48.6 Å². The minimum absolute atomic E-state index is 0.101. The first-order valence-electron chi connectivity index (χ1n) is 11.7. The number of methoxy groups -OCH3 is 2. The van der Waals surface area contributed by atoms with E-state index in [9.17, 15) is 19.5 Å². The maximum Gasteiger partial charge on any atom is 0.338 e. The Morgan fingerprint density at radius 2 is 1.82 bits per heavy atom. The summed E-state index contributed by atoms with van der Waals surface area (Å²) >= 11 is 6.22. The molecule has 1 unspecified atom stereocenters. The van der Waals surface area contributed by atoms with Gasteiger partial charge in [0.05, 0.1) is 48.2 Å². The maximum absolute atomic E-state index is 13.4. The Bertz CT molecular complexity index is 1420. The topological polar surface area (TPSA) is 115 Å². The van der Waals surface area contributed by atoms with Crippen molar-refractivity contribution in [2.24, 2.45) is 0 Å². The van der Waals surface area contributed by atoms with Gasteiger partial charge in [0.1, 0.15) is 23.3 Å². The summed E-state index contributed by atoms with van der Waals surface area (Å²) in [4.78, 5) is 44.9. The van der Waals surface area contributed by atoms with E-state index in [1.165, 1.54) is 43.5 Å². The molecular weight excluding hydrogens is 512 g/mol. The Morgan fingerprint density at radius 3 is 2.47 bits per heavy atom. The molecule has 0 bridgehead atoms. The van der Waals surface area contributed by atoms with Crippen LogP contribution in [0.3, 0.4) is 0 Å². The van der Waals surface area contributed by atoms with Crippen LogP contribution in [0, 0.1) is 0 Å². The standard InChI is InChI=1S/C28H25ClN2O7/c1-4-12-38-28(35)16-8-7-9-17(13-16)31-24(20-10-5-6-11-30-20)23(26(33)27(31)34)25(32)18-14-22(37-3)19(29)15-21(18)36-2/h5-11,13-15,24,32H,4,12H2,1-3H3/b25-23+. The number of aliphatic hydroxyl groups excluding tert-OH is 1. The lowest BCUT2D eigenvalue weighted by molar-refractivity contribution is -0.132. The zero-order valence-corrected chi connectivity index (χ0v) is 21.7. The lowest BCUT2D eigenvalue weighted by Gasteiger charge is -2.25. The third-order valence-electron chi connectivity index (χ3n) is 5.94. The molecule has 1 atom stereocenters. The van der Waals surface area contributed by atoms with Gasteiger partial charge in [-0.1, -0.05) is 30.7 Å². The number of hydrogen-bond donors (Lipinski definition) is 1. The highest BCUT2D eigenvalue weighted by atomic mass is 35.5. The molecule has 1 aliphatic rings. The van der Waals surface area contributed by atoms with Crippen molar-refractivity contribution in [3.8, 4) is 11.5 Å². The Kier molecular flexibility index (Phi) is 7.97. The highest BCUT2D eigenvalue weighted by molar-refractivity contribution is 6.51. The van der Waals surface area contributed by atoms with Crippen LogP contribution in [0.4, 0.5) is 5.69 Å². The predicted octanol–water partition coefficient (Wildman–Crippen LogP) is 4.95. The Hall–Kier alpha value is -4.37. The Balaban J connectivity index is 1.92. The number of carbonyl (C=O) groups is 3. The van der Waals surface area contributed by atoms with Gasteiger partial charge in [-0.3, -0.25) is 19.5 Å². The van der Waals surface area contributed by atoms with Crippen LogP contribution in [0.2, 0.25) is 5.02 Å². The number of benzene rings is 2. The molecule has 10 heteroatoms. The number of Topliss-reactive ketones (excluding diaryl/α,β-unsaturated/α-hetero) is 1. The summed E-state index contributed by atoms with van der Waals surface area (Å²) in [6.07, 6.45) is 2.17. The molecule has 9 nitrogen and oxygen atoms in total. The van der Waals surface area contributed by atoms with Gasteiger partial charge in [-0.05, 0) is 42.8 Å². The van der Waals surface area contributed by atoms with Gasteiger partial charge in [0, 0.05) is 18.0 Å². The molecule has 3 aromatic rings. The molecule has 2 aromatic carbocycles. The molecular formula is C28H25ClN2O7. The summed E-state index contributed by atoms with van der Waals surface area (Å²) in [6, 6.07) is 13.0. The van der Waals surface area contributed by atoms with Crippen LogP contribution in [0.1, 0.15) is 41.0 Å². The van der Waals surface area contributed by atoms with E-state index >= 15 is 0 Å². The number of ether oxygens (including phenoxy) is 3. The van der Waals surface area contributed by atoms with Gasteiger partial charge in [-0.2, -0.15) is 0 Å². The van der Waals surface area contributed by atoms with Crippen LogP contribution in [0.15, 0.2) is 66.4 Å². The molecule has 1 amide bonds. The Labute approximate surface area is 224 Å². The molecule has 2 heterocycles. The van der Waals surface area contributed by atoms with Crippen molar-refractivity contribution in [1.82, 2.24) is 4.98 Å². The minimum atomic E-state index is -1.11. The molecule has 1 N–H and O–H groups in total. The average molecular weight is 537 g/mol. The number of carbonyl (C=O) groups excluding carboxylic acids is 3. The number of rotatable bonds is 8. The van der Waals surface area contributed by atoms with Crippen LogP contribution >= 0.6 is 11.6 Å². The molecule has 196 valence electrons.